The highest BCUT2D eigenvalue weighted by atomic mass is 19.1. The molecule has 4 aromatic rings. The molecule has 8 nitrogen and oxygen atoms in total. The second-order valence-electron chi connectivity index (χ2n) is 7.60. The van der Waals surface area contributed by atoms with Gasteiger partial charge >= 0.3 is 0 Å². The number of amides is 1. The molecular formula is C22H20FN5O3. The molecule has 5 rings (SSSR count). The molecule has 3 aromatic heterocycles. The molecule has 0 spiro atoms. The molecule has 1 aliphatic rings. The zero-order chi connectivity index (χ0) is 21.2. The van der Waals surface area contributed by atoms with Crippen molar-refractivity contribution < 1.29 is 18.1 Å². The number of likely N-dealkylation sites (tertiary alicyclic amines) is 1. The van der Waals surface area contributed by atoms with Gasteiger partial charge in [-0.15, -0.1) is 0 Å². The first kappa shape index (κ1) is 19.2. The van der Waals surface area contributed by atoms with Crippen LogP contribution in [0.5, 0.6) is 0 Å². The minimum Gasteiger partial charge on any atom is -0.463 e. The van der Waals surface area contributed by atoms with Gasteiger partial charge in [0.2, 0.25) is 11.7 Å². The highest BCUT2D eigenvalue weighted by molar-refractivity contribution is 5.93. The summed E-state index contributed by atoms with van der Waals surface area (Å²) in [5.74, 6) is 0.963. The quantitative estimate of drug-likeness (QED) is 0.524. The molecule has 4 heterocycles. The van der Waals surface area contributed by atoms with Crippen LogP contribution in [0.15, 0.2) is 57.7 Å². The number of aromatic nitrogens is 4. The van der Waals surface area contributed by atoms with Gasteiger partial charge in [0.15, 0.2) is 11.5 Å². The number of benzene rings is 1. The topological polar surface area (TPSA) is 101 Å². The highest BCUT2D eigenvalue weighted by Crippen LogP contribution is 2.25. The Bertz CT molecular complexity index is 1180. The van der Waals surface area contributed by atoms with E-state index in [9.17, 15) is 9.18 Å². The number of carbonyl (C=O) groups excluding carboxylic acids is 1. The molecule has 1 aromatic carbocycles. The van der Waals surface area contributed by atoms with Crippen molar-refractivity contribution in [1.29, 1.82) is 0 Å². The first-order valence-corrected chi connectivity index (χ1v) is 10.1. The lowest BCUT2D eigenvalue weighted by Gasteiger charge is -2.31. The molecule has 1 amide bonds. The lowest BCUT2D eigenvalue weighted by Crippen LogP contribution is -2.40. The summed E-state index contributed by atoms with van der Waals surface area (Å²) in [4.78, 5) is 19.1. The Hall–Kier alpha value is -3.75. The predicted molar refractivity (Wildman–Crippen MR) is 108 cm³/mol. The number of furan rings is 1. The van der Waals surface area contributed by atoms with Crippen molar-refractivity contribution >= 4 is 5.91 Å². The van der Waals surface area contributed by atoms with Crippen LogP contribution in [0, 0.1) is 11.7 Å². The van der Waals surface area contributed by atoms with Gasteiger partial charge in [-0.25, -0.2) is 4.39 Å². The molecule has 9 heteroatoms. The van der Waals surface area contributed by atoms with E-state index in [0.29, 0.717) is 48.1 Å². The van der Waals surface area contributed by atoms with Crippen LogP contribution in [0.4, 0.5) is 4.39 Å². The molecule has 31 heavy (non-hydrogen) atoms. The van der Waals surface area contributed by atoms with Gasteiger partial charge in [-0.3, -0.25) is 9.89 Å². The third-order valence-corrected chi connectivity index (χ3v) is 5.44. The Morgan fingerprint density at radius 1 is 1.26 bits per heavy atom. The van der Waals surface area contributed by atoms with Crippen LogP contribution in [-0.4, -0.2) is 44.2 Å². The maximum absolute atomic E-state index is 14.0. The van der Waals surface area contributed by atoms with Gasteiger partial charge in [-0.2, -0.15) is 10.1 Å². The number of piperidine rings is 1. The van der Waals surface area contributed by atoms with Crippen molar-refractivity contribution in [2.24, 2.45) is 5.92 Å². The summed E-state index contributed by atoms with van der Waals surface area (Å²) in [7, 11) is 0. The van der Waals surface area contributed by atoms with E-state index in [1.54, 1.807) is 47.6 Å². The van der Waals surface area contributed by atoms with Crippen molar-refractivity contribution in [2.75, 3.05) is 13.1 Å². The van der Waals surface area contributed by atoms with E-state index in [2.05, 4.69) is 20.3 Å². The summed E-state index contributed by atoms with van der Waals surface area (Å²) in [6, 6.07) is 11.6. The van der Waals surface area contributed by atoms with E-state index < -0.39 is 5.82 Å². The van der Waals surface area contributed by atoms with Gasteiger partial charge in [0.25, 0.3) is 5.91 Å². The molecule has 0 aliphatic carbocycles. The summed E-state index contributed by atoms with van der Waals surface area (Å²) in [5.41, 5.74) is 1.32. The van der Waals surface area contributed by atoms with Gasteiger partial charge < -0.3 is 13.8 Å². The molecule has 1 atom stereocenters. The summed E-state index contributed by atoms with van der Waals surface area (Å²) < 4.78 is 24.6. The molecule has 1 N–H and O–H groups in total. The maximum atomic E-state index is 14.0. The third kappa shape index (κ3) is 3.98. The van der Waals surface area contributed by atoms with Crippen LogP contribution in [0.25, 0.3) is 22.8 Å². The minimum absolute atomic E-state index is 0.128. The Morgan fingerprint density at radius 3 is 3.00 bits per heavy atom. The van der Waals surface area contributed by atoms with E-state index in [-0.39, 0.29) is 17.6 Å². The standard InChI is InChI=1S/C22H20FN5O3/c23-16-7-2-1-6-15(16)21-24-20(31-27-21)11-14-5-3-9-28(13-14)22(29)18-12-17(25-26-18)19-8-4-10-30-19/h1-2,4,6-8,10,12,14H,3,5,9,11,13H2,(H,25,26)/t14-/m0/s1. The van der Waals surface area contributed by atoms with Crippen molar-refractivity contribution in [1.82, 2.24) is 25.2 Å². The largest absolute Gasteiger partial charge is 0.463 e. The zero-order valence-electron chi connectivity index (χ0n) is 16.6. The number of hydrogen-bond acceptors (Lipinski definition) is 6. The second-order valence-corrected chi connectivity index (χ2v) is 7.60. The molecule has 1 fully saturated rings. The molecule has 1 saturated heterocycles. The normalized spacial score (nSPS) is 16.5. The van der Waals surface area contributed by atoms with Crippen LogP contribution >= 0.6 is 0 Å². The molecular weight excluding hydrogens is 401 g/mol. The number of nitrogens with zero attached hydrogens (tertiary/aromatic N) is 4. The molecule has 0 bridgehead atoms. The van der Waals surface area contributed by atoms with Crippen molar-refractivity contribution in [3.05, 3.63) is 66.1 Å². The van der Waals surface area contributed by atoms with Crippen molar-refractivity contribution in [3.8, 4) is 22.8 Å². The third-order valence-electron chi connectivity index (χ3n) is 5.44. The smallest absolute Gasteiger partial charge is 0.274 e. The van der Waals surface area contributed by atoms with E-state index in [1.807, 2.05) is 0 Å². The Kier molecular flexibility index (Phi) is 5.07. The van der Waals surface area contributed by atoms with Gasteiger partial charge in [-0.05, 0) is 43.0 Å². The fourth-order valence-corrected chi connectivity index (χ4v) is 3.90. The molecule has 0 unspecified atom stereocenters. The molecule has 0 radical (unpaired) electrons. The second kappa shape index (κ2) is 8.17. The molecule has 1 aliphatic heterocycles. The SMILES string of the molecule is O=C(c1cc(-c2ccco2)[nH]n1)N1CCC[C@@H](Cc2nc(-c3ccccc3F)no2)C1. The van der Waals surface area contributed by atoms with Crippen LogP contribution in [0.2, 0.25) is 0 Å². The number of rotatable bonds is 5. The van der Waals surface area contributed by atoms with E-state index in [4.69, 9.17) is 8.94 Å². The Morgan fingerprint density at radius 2 is 2.16 bits per heavy atom. The zero-order valence-corrected chi connectivity index (χ0v) is 16.6. The summed E-state index contributed by atoms with van der Waals surface area (Å²) in [6.07, 6.45) is 3.92. The number of nitrogens with one attached hydrogen (secondary N) is 1. The van der Waals surface area contributed by atoms with Gasteiger partial charge in [0.1, 0.15) is 11.5 Å². The summed E-state index contributed by atoms with van der Waals surface area (Å²) in [5, 5.41) is 10.9. The van der Waals surface area contributed by atoms with E-state index in [0.717, 1.165) is 12.8 Å². The molecule has 158 valence electrons. The molecule has 0 saturated carbocycles. The Balaban J connectivity index is 1.25. The predicted octanol–water partition coefficient (Wildman–Crippen LogP) is 3.95. The van der Waals surface area contributed by atoms with Crippen LogP contribution in [0.3, 0.4) is 0 Å². The monoisotopic (exact) mass is 421 g/mol. The number of hydrogen-bond donors (Lipinski definition) is 1. The Labute approximate surface area is 177 Å². The van der Waals surface area contributed by atoms with Gasteiger partial charge in [-0.1, -0.05) is 17.3 Å². The summed E-state index contributed by atoms with van der Waals surface area (Å²) >= 11 is 0. The first-order valence-electron chi connectivity index (χ1n) is 10.1. The minimum atomic E-state index is -0.391. The average molecular weight is 421 g/mol. The number of H-pyrrole nitrogens is 1. The van der Waals surface area contributed by atoms with Crippen LogP contribution < -0.4 is 0 Å². The first-order chi connectivity index (χ1) is 15.2. The lowest BCUT2D eigenvalue weighted by atomic mass is 9.94. The van der Waals surface area contributed by atoms with E-state index >= 15 is 0 Å². The van der Waals surface area contributed by atoms with E-state index in [1.165, 1.54) is 6.07 Å². The summed E-state index contributed by atoms with van der Waals surface area (Å²) in [6.45, 7) is 1.24. The van der Waals surface area contributed by atoms with Gasteiger partial charge in [0.05, 0.1) is 11.8 Å². The number of carbonyl (C=O) groups is 1. The van der Waals surface area contributed by atoms with Crippen molar-refractivity contribution in [3.63, 3.8) is 0 Å². The number of aromatic amines is 1. The fraction of sp³-hybridized carbons (Fsp3) is 0.273. The number of halogens is 1. The van der Waals surface area contributed by atoms with Crippen molar-refractivity contribution in [2.45, 2.75) is 19.3 Å². The maximum Gasteiger partial charge on any atom is 0.274 e. The lowest BCUT2D eigenvalue weighted by molar-refractivity contribution is 0.0662. The highest BCUT2D eigenvalue weighted by Gasteiger charge is 2.28. The van der Waals surface area contributed by atoms with Crippen LogP contribution in [-0.2, 0) is 6.42 Å². The van der Waals surface area contributed by atoms with Gasteiger partial charge in [0, 0.05) is 25.6 Å². The fourth-order valence-electron chi connectivity index (χ4n) is 3.90. The van der Waals surface area contributed by atoms with Crippen LogP contribution in [0.1, 0.15) is 29.2 Å². The average Bonchev–Trinajstić information content (AvgIpc) is 3.55.